The number of alkyl halides is 21. The Kier molecular flexibility index (Phi) is 41.8. The van der Waals surface area contributed by atoms with Crippen LogP contribution in [0.5, 0.6) is 57.5 Å². The molecule has 8 aromatic carbocycles. The highest BCUT2D eigenvalue weighted by atomic mass is 35.5. The molecule has 0 unspecified atom stereocenters. The van der Waals surface area contributed by atoms with Crippen molar-refractivity contribution in [1.82, 2.24) is 39.2 Å². The minimum atomic E-state index is -4.78. The number of rotatable bonds is 13. The summed E-state index contributed by atoms with van der Waals surface area (Å²) < 4.78 is 325. The molecule has 0 radical (unpaired) electrons. The van der Waals surface area contributed by atoms with Crippen LogP contribution in [0.3, 0.4) is 0 Å². The van der Waals surface area contributed by atoms with Crippen molar-refractivity contribution in [1.29, 1.82) is 5.26 Å². The lowest BCUT2D eigenvalue weighted by atomic mass is 9.91. The Labute approximate surface area is 862 Å². The van der Waals surface area contributed by atoms with Crippen molar-refractivity contribution in [2.24, 2.45) is 0 Å². The molecule has 0 fully saturated rings. The average molecular weight is 2190 g/mol. The summed E-state index contributed by atoms with van der Waals surface area (Å²) in [6.07, 6.45) is -31.7. The van der Waals surface area contributed by atoms with Crippen LogP contribution in [-0.2, 0) is 102 Å². The minimum absolute atomic E-state index is 0.00704. The molecule has 0 bridgehead atoms. The number of fused-ring (bicyclic) bond motifs is 8. The molecule has 8 aromatic rings. The Morgan fingerprint density at radius 2 is 0.605 bits per heavy atom. The summed E-state index contributed by atoms with van der Waals surface area (Å²) >= 11 is 23.8. The topological polar surface area (TPSA) is 142 Å². The second-order valence-electron chi connectivity index (χ2n) is 38.1. The van der Waals surface area contributed by atoms with Gasteiger partial charge in [-0.05, 0) is 252 Å². The Hall–Kier alpha value is -9.38. The second-order valence-corrected chi connectivity index (χ2v) is 39.8. The molecule has 0 amide bonds. The predicted molar refractivity (Wildman–Crippen MR) is 517 cm³/mol. The number of hydrogen-bond donors (Lipinski definition) is 0. The molecule has 19 nitrogen and oxygen atoms in total. The van der Waals surface area contributed by atoms with E-state index >= 15 is 0 Å². The molecule has 44 heteroatoms. The first kappa shape index (κ1) is 121. The van der Waals surface area contributed by atoms with Gasteiger partial charge in [0.1, 0.15) is 76.2 Å². The van der Waals surface area contributed by atoms with Crippen molar-refractivity contribution < 1.29 is 140 Å². The number of nitrogens with zero attached hydrogens (tertiary/aromatic N) is 9. The zero-order valence-electron chi connectivity index (χ0n) is 84.8. The van der Waals surface area contributed by atoms with Gasteiger partial charge >= 0.3 is 43.2 Å². The summed E-state index contributed by atoms with van der Waals surface area (Å²) in [7, 11) is 1.34. The Bertz CT molecular complexity index is 5800. The van der Waals surface area contributed by atoms with E-state index in [0.29, 0.717) is 159 Å². The Morgan fingerprint density at radius 3 is 0.973 bits per heavy atom. The first-order valence-electron chi connectivity index (χ1n) is 47.2. The molecule has 0 spiro atoms. The molecule has 0 N–H and O–H groups in total. The second kappa shape index (κ2) is 50.7. The van der Waals surface area contributed by atoms with Gasteiger partial charge in [-0.25, -0.2) is 0 Å². The zero-order chi connectivity index (χ0) is 110. The molecule has 0 aliphatic carbocycles. The monoisotopic (exact) mass is 2180 g/mol. The maximum absolute atomic E-state index is 13.0. The van der Waals surface area contributed by atoms with Crippen LogP contribution in [0.2, 0.25) is 20.1 Å². The lowest BCUT2D eigenvalue weighted by Gasteiger charge is -2.33. The standard InChI is InChI=1S/C15H20F3NO2.C14H15F6N.C14H18F3NO2.C13H13F3N2O.C13H16F3NO2.C12H13ClF3NO.C11H13Cl2NO.C11H14ClNO/c1-9(2)19-7-11-5-12(15(16,17)18)6-13(21-10(3)4)14(11)20-8-19;1-8(2)21-4-3-11-9(7-21)5-10(13(15,16)17)6-12(11)14(18,19)20;1-4-19-12-6-11(14(15,16)17)5-10-7-18(9(2)3)8-20-13(10)12;1-8(2)18-6-10-4-11(13(14,15)16)3-9(5-17)12(10)19-7-18;1-8(2)17-6-9-4-10(13(14,15)16)5-11(18-3)12(9)19-7-17;1-7(2)17-5-8-3-9(12(14,15)16)4-10(13)11(8)18-6-17;1-7(2)14-5-8-3-9(12)4-10(13)11(8)15-6-14;1-8(2)13-6-9-5-10(12)3-4-11(9)14-7-13/h5-6,9-10H,7-8H2,1-4H3;5-6,8H,3-4,7H2,1-2H3;5-6,9H,4,7-8H2,1-3H3;3-4,8H,6-7H2,1-2H3;4-5,8H,6-7H2,1-3H3;3-4,7H,5-6H2,1-2H3;3-4,7H,5-6H2,1-2H3;3-5,8H,6-7H2,1-2H3. The first-order valence-corrected chi connectivity index (χ1v) is 48.7. The molecule has 0 saturated heterocycles. The van der Waals surface area contributed by atoms with E-state index in [0.717, 1.165) is 102 Å². The Morgan fingerprint density at radius 1 is 0.313 bits per heavy atom. The van der Waals surface area contributed by atoms with Crippen molar-refractivity contribution >= 4 is 46.4 Å². The molecule has 16 rings (SSSR count). The first-order chi connectivity index (χ1) is 68.2. The minimum Gasteiger partial charge on any atom is -0.493 e. The zero-order valence-corrected chi connectivity index (χ0v) is 87.8. The molecule has 8 aliphatic rings. The highest BCUT2D eigenvalue weighted by Gasteiger charge is 2.44. The van der Waals surface area contributed by atoms with Crippen LogP contribution in [-0.4, -0.2) is 161 Å². The third-order valence-electron chi connectivity index (χ3n) is 24.5. The molecule has 147 heavy (non-hydrogen) atoms. The maximum Gasteiger partial charge on any atom is 0.416 e. The summed E-state index contributed by atoms with van der Waals surface area (Å²) in [5.74, 6) is 4.10. The summed E-state index contributed by atoms with van der Waals surface area (Å²) in [6, 6.07) is 24.6. The molecule has 0 atom stereocenters. The van der Waals surface area contributed by atoms with E-state index in [1.807, 2.05) is 137 Å². The molecular weight excluding hydrogens is 2060 g/mol. The highest BCUT2D eigenvalue weighted by molar-refractivity contribution is 6.35. The summed E-state index contributed by atoms with van der Waals surface area (Å²) in [5.41, 5.74) is -1.33. The lowest BCUT2D eigenvalue weighted by Crippen LogP contribution is -2.37. The van der Waals surface area contributed by atoms with Gasteiger partial charge in [0.2, 0.25) is 0 Å². The van der Waals surface area contributed by atoms with Crippen molar-refractivity contribution in [2.45, 2.75) is 288 Å². The normalized spacial score (nSPS) is 16.3. The molecular formula is C103H122Cl4F21N9O10. The van der Waals surface area contributed by atoms with E-state index in [9.17, 15) is 92.2 Å². The quantitative estimate of drug-likeness (QED) is 0.101. The van der Waals surface area contributed by atoms with Gasteiger partial charge in [-0.15, -0.1) is 0 Å². The third kappa shape index (κ3) is 33.3. The Balaban J connectivity index is 0.000000187. The van der Waals surface area contributed by atoms with Crippen molar-refractivity contribution in [3.8, 4) is 63.6 Å². The van der Waals surface area contributed by atoms with E-state index in [2.05, 4.69) is 37.5 Å². The van der Waals surface area contributed by atoms with Crippen LogP contribution >= 0.6 is 46.4 Å². The summed E-state index contributed by atoms with van der Waals surface area (Å²) in [4.78, 5) is 16.0. The van der Waals surface area contributed by atoms with E-state index in [1.165, 1.54) is 12.7 Å². The fraction of sp³-hybridized carbons (Fsp3) is 0.524. The number of benzene rings is 8. The summed E-state index contributed by atoms with van der Waals surface area (Å²) in [5, 5.41) is 11.0. The number of hydrogen-bond acceptors (Lipinski definition) is 19. The van der Waals surface area contributed by atoms with E-state index in [-0.39, 0.29) is 113 Å². The fourth-order valence-corrected chi connectivity index (χ4v) is 17.0. The molecule has 0 aromatic heterocycles. The van der Waals surface area contributed by atoms with Gasteiger partial charge in [-0.2, -0.15) is 97.5 Å². The molecule has 0 saturated carbocycles. The average Bonchev–Trinajstić information content (AvgIpc) is 0.787. The van der Waals surface area contributed by atoms with Crippen LogP contribution in [0.1, 0.15) is 226 Å². The van der Waals surface area contributed by atoms with Crippen LogP contribution < -0.4 is 47.4 Å². The van der Waals surface area contributed by atoms with Gasteiger partial charge in [0.05, 0.1) is 74.4 Å². The summed E-state index contributed by atoms with van der Waals surface area (Å²) in [6.45, 7) is 44.9. The molecule has 8 heterocycles. The molecule has 814 valence electrons. The number of ether oxygens (including phenoxy) is 10. The van der Waals surface area contributed by atoms with Crippen molar-refractivity contribution in [3.05, 3.63) is 218 Å². The van der Waals surface area contributed by atoms with Crippen LogP contribution in [0.25, 0.3) is 0 Å². The number of halogens is 25. The highest BCUT2D eigenvalue weighted by Crippen LogP contribution is 2.50. The third-order valence-corrected chi connectivity index (χ3v) is 25.5. The van der Waals surface area contributed by atoms with Gasteiger partial charge in [-0.1, -0.05) is 46.4 Å². The van der Waals surface area contributed by atoms with Crippen molar-refractivity contribution in [2.75, 3.05) is 67.4 Å². The van der Waals surface area contributed by atoms with E-state index in [4.69, 9.17) is 99.0 Å². The van der Waals surface area contributed by atoms with Gasteiger partial charge in [0.15, 0.2) is 34.5 Å². The van der Waals surface area contributed by atoms with Crippen LogP contribution in [0.4, 0.5) is 92.2 Å². The van der Waals surface area contributed by atoms with Crippen LogP contribution in [0.15, 0.2) is 103 Å². The lowest BCUT2D eigenvalue weighted by molar-refractivity contribution is -0.144. The van der Waals surface area contributed by atoms with E-state index in [1.54, 1.807) is 32.9 Å². The van der Waals surface area contributed by atoms with Crippen LogP contribution in [0, 0.1) is 11.3 Å². The van der Waals surface area contributed by atoms with Crippen molar-refractivity contribution in [3.63, 3.8) is 0 Å². The van der Waals surface area contributed by atoms with Gasteiger partial charge in [0, 0.05) is 156 Å². The fourth-order valence-electron chi connectivity index (χ4n) is 15.9. The maximum atomic E-state index is 13.0. The largest absolute Gasteiger partial charge is 0.493 e. The number of nitriles is 1. The molecule has 8 aliphatic heterocycles. The predicted octanol–water partition coefficient (Wildman–Crippen LogP) is 29.0. The van der Waals surface area contributed by atoms with Gasteiger partial charge < -0.3 is 47.4 Å². The smallest absolute Gasteiger partial charge is 0.416 e. The van der Waals surface area contributed by atoms with Gasteiger partial charge in [-0.3, -0.25) is 39.2 Å². The number of methoxy groups -OCH3 is 1. The van der Waals surface area contributed by atoms with E-state index < -0.39 is 82.2 Å². The van der Waals surface area contributed by atoms with Gasteiger partial charge in [0.25, 0.3) is 0 Å². The SMILES string of the molecule is CC(C)N1CCc2c(cc(C(F)(F)F)cc2C(F)(F)F)C1.CC(C)N1COc2c(C#N)cc(C(F)(F)F)cc2C1.CC(C)N1COc2c(Cl)cc(C(F)(F)F)cc2C1.CC(C)N1COc2c(Cl)cc(Cl)cc2C1.CC(C)N1COc2ccc(Cl)cc2C1.CC(C)Oc1cc(C(F)(F)F)cc2c1OCN(C(C)C)C2.CCOc1cc(C(F)(F)F)cc2c1OCN(C(C)C)C2.COc1cc(C(F)(F)F)cc2c1OCN(C(C)C)C2.